The predicted molar refractivity (Wildman–Crippen MR) is 115 cm³/mol. The van der Waals surface area contributed by atoms with E-state index in [0.29, 0.717) is 28.9 Å². The lowest BCUT2D eigenvalue weighted by Crippen LogP contribution is -2.46. The summed E-state index contributed by atoms with van der Waals surface area (Å²) in [4.78, 5) is 21.4. The number of pyridine rings is 1. The van der Waals surface area contributed by atoms with Crippen molar-refractivity contribution in [2.45, 2.75) is 38.1 Å². The number of piperidine rings is 1. The first kappa shape index (κ1) is 21.1. The van der Waals surface area contributed by atoms with E-state index < -0.39 is 0 Å². The molecule has 6 heteroatoms. The van der Waals surface area contributed by atoms with Crippen LogP contribution in [0.25, 0.3) is 0 Å². The van der Waals surface area contributed by atoms with Gasteiger partial charge in [0.2, 0.25) is 5.91 Å². The Labute approximate surface area is 177 Å². The Morgan fingerprint density at radius 3 is 2.64 bits per heavy atom. The SMILES string of the molecule is CN(C(=O)CCc1ccc(Cl)cc1Cl)C1CCN(CCc2ccccn2)CC1. The molecule has 0 atom stereocenters. The third-order valence-corrected chi connectivity index (χ3v) is 6.12. The molecule has 4 nitrogen and oxygen atoms in total. The van der Waals surface area contributed by atoms with Crippen LogP contribution in [0.2, 0.25) is 10.0 Å². The van der Waals surface area contributed by atoms with Gasteiger partial charge in [-0.1, -0.05) is 35.3 Å². The highest BCUT2D eigenvalue weighted by molar-refractivity contribution is 6.35. The van der Waals surface area contributed by atoms with Crippen molar-refractivity contribution < 1.29 is 4.79 Å². The van der Waals surface area contributed by atoms with Crippen molar-refractivity contribution in [3.63, 3.8) is 0 Å². The summed E-state index contributed by atoms with van der Waals surface area (Å²) in [7, 11) is 1.93. The molecule has 2 heterocycles. The van der Waals surface area contributed by atoms with Crippen LogP contribution in [0.3, 0.4) is 0 Å². The van der Waals surface area contributed by atoms with E-state index in [1.165, 1.54) is 0 Å². The van der Waals surface area contributed by atoms with Crippen LogP contribution in [0.4, 0.5) is 0 Å². The summed E-state index contributed by atoms with van der Waals surface area (Å²) in [6.45, 7) is 3.08. The van der Waals surface area contributed by atoms with Gasteiger partial charge in [-0.05, 0) is 49.1 Å². The molecule has 0 bridgehead atoms. The summed E-state index contributed by atoms with van der Waals surface area (Å²) in [5, 5.41) is 1.25. The van der Waals surface area contributed by atoms with Crippen LogP contribution in [-0.2, 0) is 17.6 Å². The molecule has 1 amide bonds. The van der Waals surface area contributed by atoms with E-state index in [1.807, 2.05) is 42.4 Å². The van der Waals surface area contributed by atoms with Crippen molar-refractivity contribution in [1.29, 1.82) is 0 Å². The molecule has 1 aliphatic heterocycles. The third-order valence-electron chi connectivity index (χ3n) is 5.53. The highest BCUT2D eigenvalue weighted by Gasteiger charge is 2.25. The molecule has 1 saturated heterocycles. The predicted octanol–water partition coefficient (Wildman–Crippen LogP) is 4.49. The molecule has 0 aliphatic carbocycles. The van der Waals surface area contributed by atoms with Gasteiger partial charge in [0.1, 0.15) is 0 Å². The lowest BCUT2D eigenvalue weighted by atomic mass is 10.0. The van der Waals surface area contributed by atoms with Crippen LogP contribution in [0.1, 0.15) is 30.5 Å². The number of amides is 1. The number of hydrogen-bond acceptors (Lipinski definition) is 3. The number of carbonyl (C=O) groups is 1. The third kappa shape index (κ3) is 5.94. The van der Waals surface area contributed by atoms with Crippen LogP contribution in [0, 0.1) is 0 Å². The molecule has 0 spiro atoms. The summed E-state index contributed by atoms with van der Waals surface area (Å²) >= 11 is 12.1. The fourth-order valence-electron chi connectivity index (χ4n) is 3.69. The van der Waals surface area contributed by atoms with E-state index in [1.54, 1.807) is 6.07 Å². The van der Waals surface area contributed by atoms with E-state index in [-0.39, 0.29) is 5.91 Å². The van der Waals surface area contributed by atoms with E-state index in [2.05, 4.69) is 16.0 Å². The number of aryl methyl sites for hydroxylation is 1. The van der Waals surface area contributed by atoms with E-state index >= 15 is 0 Å². The fraction of sp³-hybridized carbons (Fsp3) is 0.455. The Hall–Kier alpha value is -1.62. The van der Waals surface area contributed by atoms with Gasteiger partial charge in [0.05, 0.1) is 0 Å². The average molecular weight is 420 g/mol. The first-order valence-corrected chi connectivity index (χ1v) is 10.6. The largest absolute Gasteiger partial charge is 0.343 e. The first-order valence-electron chi connectivity index (χ1n) is 9.85. The first-order chi connectivity index (χ1) is 13.5. The van der Waals surface area contributed by atoms with E-state index in [9.17, 15) is 4.79 Å². The Bertz CT molecular complexity index is 777. The van der Waals surface area contributed by atoms with Crippen LogP contribution >= 0.6 is 23.2 Å². The lowest BCUT2D eigenvalue weighted by Gasteiger charge is -2.36. The molecule has 2 aromatic rings. The maximum atomic E-state index is 12.6. The minimum Gasteiger partial charge on any atom is -0.343 e. The highest BCUT2D eigenvalue weighted by Crippen LogP contribution is 2.23. The van der Waals surface area contributed by atoms with Gasteiger partial charge in [0, 0.05) is 67.5 Å². The van der Waals surface area contributed by atoms with Crippen molar-refractivity contribution >= 4 is 29.1 Å². The van der Waals surface area contributed by atoms with Gasteiger partial charge >= 0.3 is 0 Å². The zero-order valence-electron chi connectivity index (χ0n) is 16.3. The van der Waals surface area contributed by atoms with Crippen LogP contribution in [-0.4, -0.2) is 53.4 Å². The molecule has 0 saturated carbocycles. The Balaban J connectivity index is 1.41. The normalized spacial score (nSPS) is 15.5. The summed E-state index contributed by atoms with van der Waals surface area (Å²) in [6, 6.07) is 11.8. The molecule has 1 aliphatic rings. The van der Waals surface area contributed by atoms with Gasteiger partial charge in [-0.3, -0.25) is 9.78 Å². The molecule has 1 fully saturated rings. The van der Waals surface area contributed by atoms with Crippen molar-refractivity contribution in [2.24, 2.45) is 0 Å². The maximum Gasteiger partial charge on any atom is 0.222 e. The summed E-state index contributed by atoms with van der Waals surface area (Å²) < 4.78 is 0. The summed E-state index contributed by atoms with van der Waals surface area (Å²) in [5.41, 5.74) is 2.11. The molecule has 1 aromatic heterocycles. The van der Waals surface area contributed by atoms with Crippen molar-refractivity contribution in [3.8, 4) is 0 Å². The Kier molecular flexibility index (Phi) is 7.72. The van der Waals surface area contributed by atoms with Gasteiger partial charge in [-0.15, -0.1) is 0 Å². The average Bonchev–Trinajstić information content (AvgIpc) is 2.72. The molecule has 0 unspecified atom stereocenters. The Morgan fingerprint density at radius 1 is 1.18 bits per heavy atom. The van der Waals surface area contributed by atoms with Crippen LogP contribution in [0.15, 0.2) is 42.6 Å². The monoisotopic (exact) mass is 419 g/mol. The molecule has 0 N–H and O–H groups in total. The topological polar surface area (TPSA) is 36.4 Å². The lowest BCUT2D eigenvalue weighted by molar-refractivity contribution is -0.132. The fourth-order valence-corrected chi connectivity index (χ4v) is 4.20. The van der Waals surface area contributed by atoms with Crippen molar-refractivity contribution in [1.82, 2.24) is 14.8 Å². The molecule has 1 aromatic carbocycles. The molecular formula is C22H27Cl2N3O. The second-order valence-corrected chi connectivity index (χ2v) is 8.23. The van der Waals surface area contributed by atoms with Crippen molar-refractivity contribution in [3.05, 3.63) is 63.9 Å². The van der Waals surface area contributed by atoms with Gasteiger partial charge in [-0.25, -0.2) is 0 Å². The van der Waals surface area contributed by atoms with Crippen molar-refractivity contribution in [2.75, 3.05) is 26.7 Å². The zero-order chi connectivity index (χ0) is 19.9. The smallest absolute Gasteiger partial charge is 0.222 e. The highest BCUT2D eigenvalue weighted by atomic mass is 35.5. The van der Waals surface area contributed by atoms with Gasteiger partial charge in [0.15, 0.2) is 0 Å². The number of rotatable bonds is 7. The summed E-state index contributed by atoms with van der Waals surface area (Å²) in [5.74, 6) is 0.179. The standard InChI is InChI=1S/C22H27Cl2N3O/c1-26(22(28)8-6-17-5-7-18(23)16-21(17)24)20-10-14-27(15-11-20)13-9-19-4-2-3-12-25-19/h2-5,7,12,16,20H,6,8-11,13-15H2,1H3. The molecular weight excluding hydrogens is 393 g/mol. The Morgan fingerprint density at radius 2 is 1.96 bits per heavy atom. The van der Waals surface area contributed by atoms with Crippen LogP contribution < -0.4 is 0 Å². The van der Waals surface area contributed by atoms with E-state index in [4.69, 9.17) is 23.2 Å². The minimum atomic E-state index is 0.179. The number of aromatic nitrogens is 1. The second-order valence-electron chi connectivity index (χ2n) is 7.38. The number of benzene rings is 1. The number of hydrogen-bond donors (Lipinski definition) is 0. The van der Waals surface area contributed by atoms with Gasteiger partial charge in [-0.2, -0.15) is 0 Å². The minimum absolute atomic E-state index is 0.179. The van der Waals surface area contributed by atoms with Gasteiger partial charge < -0.3 is 9.80 Å². The number of likely N-dealkylation sites (tertiary alicyclic amines) is 1. The quantitative estimate of drug-likeness (QED) is 0.663. The second kappa shape index (κ2) is 10.2. The number of carbonyl (C=O) groups excluding carboxylic acids is 1. The zero-order valence-corrected chi connectivity index (χ0v) is 17.8. The summed E-state index contributed by atoms with van der Waals surface area (Å²) in [6.07, 6.45) is 5.97. The molecule has 0 radical (unpaired) electrons. The maximum absolute atomic E-state index is 12.6. The molecule has 28 heavy (non-hydrogen) atoms. The molecule has 150 valence electrons. The van der Waals surface area contributed by atoms with E-state index in [0.717, 1.165) is 50.2 Å². The van der Waals surface area contributed by atoms with Crippen LogP contribution in [0.5, 0.6) is 0 Å². The number of halogens is 2. The van der Waals surface area contributed by atoms with Gasteiger partial charge in [0.25, 0.3) is 0 Å². The molecule has 3 rings (SSSR count). The number of nitrogens with zero attached hydrogens (tertiary/aromatic N) is 3.